The Labute approximate surface area is 180 Å². The van der Waals surface area contributed by atoms with Gasteiger partial charge in [0.15, 0.2) is 5.78 Å². The van der Waals surface area contributed by atoms with Crippen molar-refractivity contribution in [1.82, 2.24) is 19.2 Å². The Kier molecular flexibility index (Phi) is 6.56. The summed E-state index contributed by atoms with van der Waals surface area (Å²) in [6, 6.07) is 3.04. The number of nitrogens with zero attached hydrogens (tertiary/aromatic N) is 3. The van der Waals surface area contributed by atoms with Crippen molar-refractivity contribution < 1.29 is 27.5 Å². The number of piperazine rings is 1. The van der Waals surface area contributed by atoms with Crippen LogP contribution in [0.1, 0.15) is 39.0 Å². The fourth-order valence-electron chi connectivity index (χ4n) is 3.61. The number of rotatable bonds is 6. The van der Waals surface area contributed by atoms with E-state index in [9.17, 15) is 22.8 Å². The molecule has 0 radical (unpaired) electrons. The molecular weight excluding hydrogens is 424 g/mol. The van der Waals surface area contributed by atoms with Crippen molar-refractivity contribution in [3.63, 3.8) is 0 Å². The summed E-state index contributed by atoms with van der Waals surface area (Å²) >= 11 is 0. The summed E-state index contributed by atoms with van der Waals surface area (Å²) in [5.41, 5.74) is 1.19. The van der Waals surface area contributed by atoms with E-state index in [1.165, 1.54) is 36.8 Å². The average molecular weight is 449 g/mol. The number of aromatic nitrogens is 2. The minimum Gasteiger partial charge on any atom is -0.465 e. The largest absolute Gasteiger partial charge is 0.465 e. The predicted molar refractivity (Wildman–Crippen MR) is 110 cm³/mol. The molecule has 2 aromatic rings. The number of amides is 1. The first-order valence-electron chi connectivity index (χ1n) is 9.65. The van der Waals surface area contributed by atoms with E-state index in [0.717, 1.165) is 0 Å². The first kappa shape index (κ1) is 22.6. The van der Waals surface area contributed by atoms with Gasteiger partial charge < -0.3 is 14.6 Å². The van der Waals surface area contributed by atoms with Crippen molar-refractivity contribution in [2.45, 2.75) is 25.2 Å². The summed E-state index contributed by atoms with van der Waals surface area (Å²) in [6.07, 6.45) is 2.66. The van der Waals surface area contributed by atoms with Gasteiger partial charge in [-0.25, -0.2) is 13.2 Å². The predicted octanol–water partition coefficient (Wildman–Crippen LogP) is 0.783. The second kappa shape index (κ2) is 8.98. The van der Waals surface area contributed by atoms with Crippen LogP contribution in [-0.4, -0.2) is 78.5 Å². The van der Waals surface area contributed by atoms with Gasteiger partial charge in [0.2, 0.25) is 15.9 Å². The summed E-state index contributed by atoms with van der Waals surface area (Å²) in [6.45, 7) is 3.71. The highest BCUT2D eigenvalue weighted by atomic mass is 32.2. The van der Waals surface area contributed by atoms with E-state index in [4.69, 9.17) is 4.74 Å². The first-order valence-corrected chi connectivity index (χ1v) is 11.1. The maximum atomic E-state index is 12.8. The highest BCUT2D eigenvalue weighted by Gasteiger charge is 2.31. The number of nitrogens with one attached hydrogen (secondary N) is 1. The molecule has 1 aliphatic heterocycles. The number of ketones is 1. The smallest absolute Gasteiger partial charge is 0.339 e. The zero-order valence-electron chi connectivity index (χ0n) is 17.5. The van der Waals surface area contributed by atoms with E-state index in [1.54, 1.807) is 17.9 Å². The Morgan fingerprint density at radius 2 is 1.87 bits per heavy atom. The number of sulfonamides is 1. The topological polar surface area (TPSA) is 130 Å². The van der Waals surface area contributed by atoms with E-state index in [2.05, 4.69) is 9.97 Å². The molecule has 11 heteroatoms. The summed E-state index contributed by atoms with van der Waals surface area (Å²) in [5.74, 6) is -1.16. The van der Waals surface area contributed by atoms with Gasteiger partial charge in [-0.3, -0.25) is 14.6 Å². The fourth-order valence-corrected chi connectivity index (χ4v) is 5.00. The van der Waals surface area contributed by atoms with Gasteiger partial charge in [-0.1, -0.05) is 0 Å². The Bertz CT molecular complexity index is 1100. The van der Waals surface area contributed by atoms with Gasteiger partial charge in [-0.05, 0) is 24.6 Å². The van der Waals surface area contributed by atoms with Crippen LogP contribution in [0.5, 0.6) is 0 Å². The van der Waals surface area contributed by atoms with Crippen LogP contribution in [0.15, 0.2) is 29.4 Å². The summed E-state index contributed by atoms with van der Waals surface area (Å²) in [4.78, 5) is 45.2. The number of carbonyl (C=O) groups excluding carboxylic acids is 3. The summed E-state index contributed by atoms with van der Waals surface area (Å²) < 4.78 is 31.5. The second-order valence-corrected chi connectivity index (χ2v) is 9.11. The quantitative estimate of drug-likeness (QED) is 0.511. The maximum absolute atomic E-state index is 12.8. The number of methoxy groups -OCH3 is 1. The molecule has 10 nitrogen and oxygen atoms in total. The first-order chi connectivity index (χ1) is 14.7. The molecule has 2 aromatic heterocycles. The minimum absolute atomic E-state index is 0.108. The van der Waals surface area contributed by atoms with Crippen LogP contribution in [0.2, 0.25) is 0 Å². The lowest BCUT2D eigenvalue weighted by molar-refractivity contribution is -0.131. The molecule has 1 amide bonds. The number of carbonyl (C=O) groups is 3. The maximum Gasteiger partial charge on any atom is 0.339 e. The summed E-state index contributed by atoms with van der Waals surface area (Å²) in [5, 5.41) is 0. The molecule has 1 saturated heterocycles. The number of ether oxygens (including phenoxy) is 1. The van der Waals surface area contributed by atoms with E-state index in [-0.39, 0.29) is 60.4 Å². The lowest BCUT2D eigenvalue weighted by Crippen LogP contribution is -2.50. The standard InChI is InChI=1S/C20H24N4O6S/c1-13-18(20(27)30-3)16(22-19(13)14(2)25)11-17(26)23-7-9-24(10-8-23)31(28,29)15-5-4-6-21-12-15/h4-6,12,22H,7-11H2,1-3H3. The normalized spacial score (nSPS) is 15.0. The molecule has 3 heterocycles. The second-order valence-electron chi connectivity index (χ2n) is 7.18. The molecule has 0 spiro atoms. The number of pyridine rings is 1. The van der Waals surface area contributed by atoms with E-state index in [1.807, 2.05) is 0 Å². The number of esters is 1. The Balaban J connectivity index is 1.72. The summed E-state index contributed by atoms with van der Waals surface area (Å²) in [7, 11) is -2.44. The molecule has 0 bridgehead atoms. The molecule has 1 aliphatic rings. The Hall–Kier alpha value is -3.05. The third-order valence-corrected chi connectivity index (χ3v) is 7.14. The van der Waals surface area contributed by atoms with Crippen LogP contribution in [0.4, 0.5) is 0 Å². The lowest BCUT2D eigenvalue weighted by atomic mass is 10.1. The van der Waals surface area contributed by atoms with Crippen LogP contribution >= 0.6 is 0 Å². The van der Waals surface area contributed by atoms with E-state index in [0.29, 0.717) is 11.3 Å². The number of aromatic amines is 1. The average Bonchev–Trinajstić information content (AvgIpc) is 3.09. The van der Waals surface area contributed by atoms with E-state index < -0.39 is 16.0 Å². The van der Waals surface area contributed by atoms with Crippen molar-refractivity contribution in [3.8, 4) is 0 Å². The third-order valence-electron chi connectivity index (χ3n) is 5.26. The number of hydrogen-bond acceptors (Lipinski definition) is 7. The Morgan fingerprint density at radius 1 is 1.19 bits per heavy atom. The molecule has 0 aromatic carbocycles. The van der Waals surface area contributed by atoms with Gasteiger partial charge in [0.25, 0.3) is 0 Å². The molecule has 1 N–H and O–H groups in total. The SMILES string of the molecule is COC(=O)c1c(CC(=O)N2CCN(S(=O)(=O)c3cccnc3)CC2)[nH]c(C(C)=O)c1C. The van der Waals surface area contributed by atoms with Crippen LogP contribution in [-0.2, 0) is 26.0 Å². The molecule has 0 atom stereocenters. The molecule has 3 rings (SSSR count). The minimum atomic E-state index is -3.68. The van der Waals surface area contributed by atoms with Crippen molar-refractivity contribution in [2.24, 2.45) is 0 Å². The van der Waals surface area contributed by atoms with Gasteiger partial charge in [0.05, 0.1) is 24.8 Å². The van der Waals surface area contributed by atoms with Crippen LogP contribution in [0, 0.1) is 6.92 Å². The van der Waals surface area contributed by atoms with Crippen molar-refractivity contribution in [1.29, 1.82) is 0 Å². The van der Waals surface area contributed by atoms with Crippen LogP contribution < -0.4 is 0 Å². The Morgan fingerprint density at radius 3 is 2.42 bits per heavy atom. The molecule has 1 fully saturated rings. The van der Waals surface area contributed by atoms with Gasteiger partial charge in [-0.2, -0.15) is 4.31 Å². The van der Waals surface area contributed by atoms with Crippen molar-refractivity contribution >= 4 is 27.7 Å². The molecule has 166 valence electrons. The highest BCUT2D eigenvalue weighted by molar-refractivity contribution is 7.89. The monoisotopic (exact) mass is 448 g/mol. The number of hydrogen-bond donors (Lipinski definition) is 1. The lowest BCUT2D eigenvalue weighted by Gasteiger charge is -2.34. The van der Waals surface area contributed by atoms with Gasteiger partial charge in [0, 0.05) is 51.2 Å². The molecule has 0 unspecified atom stereocenters. The molecule has 31 heavy (non-hydrogen) atoms. The molecular formula is C20H24N4O6S. The highest BCUT2D eigenvalue weighted by Crippen LogP contribution is 2.22. The molecule has 0 saturated carbocycles. The van der Waals surface area contributed by atoms with Gasteiger partial charge in [-0.15, -0.1) is 0 Å². The zero-order valence-corrected chi connectivity index (χ0v) is 18.4. The number of H-pyrrole nitrogens is 1. The van der Waals surface area contributed by atoms with Crippen molar-refractivity contribution in [2.75, 3.05) is 33.3 Å². The van der Waals surface area contributed by atoms with Crippen LogP contribution in [0.3, 0.4) is 0 Å². The third kappa shape index (κ3) is 4.52. The van der Waals surface area contributed by atoms with E-state index >= 15 is 0 Å². The van der Waals surface area contributed by atoms with Crippen LogP contribution in [0.25, 0.3) is 0 Å². The fraction of sp³-hybridized carbons (Fsp3) is 0.400. The number of Topliss-reactive ketones (excluding diaryl/α,β-unsaturated/α-hetero) is 1. The molecule has 0 aliphatic carbocycles. The van der Waals surface area contributed by atoms with Crippen molar-refractivity contribution in [3.05, 3.63) is 47.0 Å². The van der Waals surface area contributed by atoms with Gasteiger partial charge >= 0.3 is 5.97 Å². The zero-order chi connectivity index (χ0) is 22.8. The van der Waals surface area contributed by atoms with Gasteiger partial charge in [0.1, 0.15) is 4.90 Å².